The van der Waals surface area contributed by atoms with Crippen LogP contribution in [-0.2, 0) is 11.3 Å². The van der Waals surface area contributed by atoms with Gasteiger partial charge in [0.2, 0.25) is 0 Å². The number of carbonyl (C=O) groups excluding carboxylic acids is 1. The molecular weight excluding hydrogens is 264 g/mol. The third kappa shape index (κ3) is 3.31. The number of hydrogen-bond acceptors (Lipinski definition) is 6. The summed E-state index contributed by atoms with van der Waals surface area (Å²) in [7, 11) is 1.36. The molecular formula is C12H16N4O2S. The molecule has 0 aliphatic carbocycles. The number of aromatic nitrogens is 3. The van der Waals surface area contributed by atoms with Crippen LogP contribution in [0.25, 0.3) is 0 Å². The van der Waals surface area contributed by atoms with E-state index in [-0.39, 0.29) is 6.04 Å². The minimum absolute atomic E-state index is 0.163. The molecule has 0 amide bonds. The summed E-state index contributed by atoms with van der Waals surface area (Å²) >= 11 is 1.45. The highest BCUT2D eigenvalue weighted by Gasteiger charge is 2.16. The second kappa shape index (κ2) is 5.83. The monoisotopic (exact) mass is 280 g/mol. The molecule has 0 aliphatic heterocycles. The number of hydrogen-bond donors (Lipinski definition) is 1. The normalized spacial score (nSPS) is 12.2. The average molecular weight is 280 g/mol. The SMILES string of the molecule is COC(=O)c1nc(NC(C)Cn2cccn2)sc1C. The van der Waals surface area contributed by atoms with E-state index in [4.69, 9.17) is 0 Å². The minimum Gasteiger partial charge on any atom is -0.464 e. The van der Waals surface area contributed by atoms with Crippen LogP contribution in [0.15, 0.2) is 18.5 Å². The highest BCUT2D eigenvalue weighted by molar-refractivity contribution is 7.15. The molecule has 1 atom stereocenters. The number of carbonyl (C=O) groups is 1. The zero-order chi connectivity index (χ0) is 13.8. The van der Waals surface area contributed by atoms with Crippen molar-refractivity contribution in [1.29, 1.82) is 0 Å². The molecule has 102 valence electrons. The molecule has 0 fully saturated rings. The van der Waals surface area contributed by atoms with E-state index in [1.54, 1.807) is 6.20 Å². The van der Waals surface area contributed by atoms with E-state index in [1.165, 1.54) is 18.4 Å². The van der Waals surface area contributed by atoms with Gasteiger partial charge >= 0.3 is 5.97 Å². The smallest absolute Gasteiger partial charge is 0.357 e. The lowest BCUT2D eigenvalue weighted by atomic mass is 10.3. The fraction of sp³-hybridized carbons (Fsp3) is 0.417. The Morgan fingerprint density at radius 1 is 1.63 bits per heavy atom. The van der Waals surface area contributed by atoms with Crippen LogP contribution < -0.4 is 5.32 Å². The molecule has 2 aromatic rings. The van der Waals surface area contributed by atoms with E-state index in [0.717, 1.165) is 16.6 Å². The lowest BCUT2D eigenvalue weighted by molar-refractivity contribution is 0.0594. The van der Waals surface area contributed by atoms with Crippen molar-refractivity contribution in [2.24, 2.45) is 0 Å². The molecule has 0 bridgehead atoms. The molecule has 6 nitrogen and oxygen atoms in total. The fourth-order valence-corrected chi connectivity index (χ4v) is 2.60. The Hall–Kier alpha value is -1.89. The molecule has 19 heavy (non-hydrogen) atoms. The first-order chi connectivity index (χ1) is 9.10. The van der Waals surface area contributed by atoms with Gasteiger partial charge in [-0.05, 0) is 19.9 Å². The second-order valence-corrected chi connectivity index (χ2v) is 5.39. The summed E-state index contributed by atoms with van der Waals surface area (Å²) in [6.07, 6.45) is 3.65. The summed E-state index contributed by atoms with van der Waals surface area (Å²) in [5, 5.41) is 8.13. The van der Waals surface area contributed by atoms with Gasteiger partial charge in [-0.1, -0.05) is 0 Å². The number of methoxy groups -OCH3 is 1. The van der Waals surface area contributed by atoms with Crippen molar-refractivity contribution in [3.8, 4) is 0 Å². The van der Waals surface area contributed by atoms with Crippen LogP contribution in [0, 0.1) is 6.92 Å². The van der Waals surface area contributed by atoms with E-state index in [0.29, 0.717) is 5.69 Å². The first-order valence-electron chi connectivity index (χ1n) is 5.90. The lowest BCUT2D eigenvalue weighted by Gasteiger charge is -2.12. The van der Waals surface area contributed by atoms with Gasteiger partial charge < -0.3 is 10.1 Å². The summed E-state index contributed by atoms with van der Waals surface area (Å²) in [5.74, 6) is -0.401. The van der Waals surface area contributed by atoms with Gasteiger partial charge in [0.05, 0.1) is 13.7 Å². The lowest BCUT2D eigenvalue weighted by Crippen LogP contribution is -2.22. The Morgan fingerprint density at radius 2 is 2.42 bits per heavy atom. The molecule has 0 radical (unpaired) electrons. The van der Waals surface area contributed by atoms with Crippen LogP contribution in [0.3, 0.4) is 0 Å². The van der Waals surface area contributed by atoms with Crippen LogP contribution >= 0.6 is 11.3 Å². The summed E-state index contributed by atoms with van der Waals surface area (Å²) in [6.45, 7) is 4.63. The Kier molecular flexibility index (Phi) is 4.16. The maximum Gasteiger partial charge on any atom is 0.357 e. The summed E-state index contributed by atoms with van der Waals surface area (Å²) in [4.78, 5) is 16.6. The molecule has 1 N–H and O–H groups in total. The average Bonchev–Trinajstić information content (AvgIpc) is 2.98. The van der Waals surface area contributed by atoms with E-state index in [9.17, 15) is 4.79 Å². The standard InChI is InChI=1S/C12H16N4O2S/c1-8(7-16-6-4-5-13-16)14-12-15-10(9(2)19-12)11(17)18-3/h4-6,8H,7H2,1-3H3,(H,14,15). The van der Waals surface area contributed by atoms with Crippen LogP contribution in [0.2, 0.25) is 0 Å². The number of aryl methyl sites for hydroxylation is 1. The topological polar surface area (TPSA) is 69.0 Å². The Balaban J connectivity index is 2.01. The maximum absolute atomic E-state index is 11.5. The maximum atomic E-state index is 11.5. The third-order valence-corrected chi connectivity index (χ3v) is 3.47. The second-order valence-electron chi connectivity index (χ2n) is 4.19. The van der Waals surface area contributed by atoms with Crippen molar-refractivity contribution < 1.29 is 9.53 Å². The van der Waals surface area contributed by atoms with Crippen molar-refractivity contribution >= 4 is 22.4 Å². The fourth-order valence-electron chi connectivity index (χ4n) is 1.69. The Labute approximate surface area is 115 Å². The predicted molar refractivity (Wildman–Crippen MR) is 73.5 cm³/mol. The van der Waals surface area contributed by atoms with Crippen LogP contribution in [0.1, 0.15) is 22.3 Å². The van der Waals surface area contributed by atoms with E-state index >= 15 is 0 Å². The zero-order valence-corrected chi connectivity index (χ0v) is 11.9. The molecule has 0 aromatic carbocycles. The van der Waals surface area contributed by atoms with Gasteiger partial charge in [0.25, 0.3) is 0 Å². The van der Waals surface area contributed by atoms with Gasteiger partial charge in [-0.25, -0.2) is 9.78 Å². The number of nitrogens with one attached hydrogen (secondary N) is 1. The molecule has 1 unspecified atom stereocenters. The molecule has 0 saturated carbocycles. The van der Waals surface area contributed by atoms with Crippen LogP contribution in [0.4, 0.5) is 5.13 Å². The van der Waals surface area contributed by atoms with E-state index in [2.05, 4.69) is 20.1 Å². The number of rotatable bonds is 5. The predicted octanol–water partition coefficient (Wildman–Crippen LogP) is 1.94. The van der Waals surface area contributed by atoms with Crippen molar-refractivity contribution in [2.45, 2.75) is 26.4 Å². The number of esters is 1. The van der Waals surface area contributed by atoms with Gasteiger partial charge in [0.1, 0.15) is 0 Å². The van der Waals surface area contributed by atoms with Gasteiger partial charge in [-0.2, -0.15) is 5.10 Å². The molecule has 2 heterocycles. The molecule has 0 spiro atoms. The van der Waals surface area contributed by atoms with Crippen LogP contribution in [-0.4, -0.2) is 33.9 Å². The first kappa shape index (κ1) is 13.5. The molecule has 2 aromatic heterocycles. The molecule has 0 aliphatic rings. The van der Waals surface area contributed by atoms with Crippen molar-refractivity contribution in [1.82, 2.24) is 14.8 Å². The summed E-state index contributed by atoms with van der Waals surface area (Å²) in [5.41, 5.74) is 0.376. The zero-order valence-electron chi connectivity index (χ0n) is 11.1. The third-order valence-electron chi connectivity index (χ3n) is 2.57. The quantitative estimate of drug-likeness (QED) is 0.848. The van der Waals surface area contributed by atoms with Gasteiger partial charge in [-0.15, -0.1) is 11.3 Å². The molecule has 7 heteroatoms. The summed E-state index contributed by atoms with van der Waals surface area (Å²) in [6, 6.07) is 2.05. The number of ether oxygens (including phenoxy) is 1. The Morgan fingerprint density at radius 3 is 3.05 bits per heavy atom. The highest BCUT2D eigenvalue weighted by atomic mass is 32.1. The van der Waals surface area contributed by atoms with Crippen molar-refractivity contribution in [3.63, 3.8) is 0 Å². The van der Waals surface area contributed by atoms with Gasteiger partial charge in [0.15, 0.2) is 10.8 Å². The van der Waals surface area contributed by atoms with Crippen LogP contribution in [0.5, 0.6) is 0 Å². The highest BCUT2D eigenvalue weighted by Crippen LogP contribution is 2.23. The minimum atomic E-state index is -0.401. The Bertz CT molecular complexity index is 550. The van der Waals surface area contributed by atoms with Crippen molar-refractivity contribution in [3.05, 3.63) is 29.0 Å². The summed E-state index contributed by atoms with van der Waals surface area (Å²) < 4.78 is 6.53. The molecule has 2 rings (SSSR count). The molecule has 0 saturated heterocycles. The number of thiazole rings is 1. The van der Waals surface area contributed by atoms with E-state index < -0.39 is 5.97 Å². The first-order valence-corrected chi connectivity index (χ1v) is 6.71. The van der Waals surface area contributed by atoms with Crippen molar-refractivity contribution in [2.75, 3.05) is 12.4 Å². The largest absolute Gasteiger partial charge is 0.464 e. The number of nitrogens with zero attached hydrogens (tertiary/aromatic N) is 3. The van der Waals surface area contributed by atoms with E-state index in [1.807, 2.05) is 30.8 Å². The van der Waals surface area contributed by atoms with Gasteiger partial charge in [0, 0.05) is 23.3 Å². The van der Waals surface area contributed by atoms with Gasteiger partial charge in [-0.3, -0.25) is 4.68 Å². The number of anilines is 1.